The molecule has 24 heavy (non-hydrogen) atoms. The highest BCUT2D eigenvalue weighted by atomic mass is 16.6. The second-order valence-corrected chi connectivity index (χ2v) is 5.75. The minimum Gasteiger partial charge on any atom is -0.452 e. The Morgan fingerprint density at radius 1 is 1.42 bits per heavy atom. The molecule has 8 nitrogen and oxygen atoms in total. The van der Waals surface area contributed by atoms with E-state index in [0.29, 0.717) is 12.2 Å². The molecule has 0 unspecified atom stereocenters. The van der Waals surface area contributed by atoms with Gasteiger partial charge in [-0.25, -0.2) is 4.79 Å². The van der Waals surface area contributed by atoms with Gasteiger partial charge in [0.1, 0.15) is 0 Å². The molecule has 0 spiro atoms. The quantitative estimate of drug-likeness (QED) is 0.503. The molecule has 1 amide bonds. The molecule has 1 atom stereocenters. The number of rotatable bonds is 5. The van der Waals surface area contributed by atoms with Crippen molar-refractivity contribution in [2.24, 2.45) is 0 Å². The molecule has 1 aliphatic rings. The Labute approximate surface area is 139 Å². The number of nitro groups is 1. The molecule has 1 aromatic carbocycles. The third-order valence-corrected chi connectivity index (χ3v) is 4.15. The average molecular weight is 335 g/mol. The first kappa shape index (κ1) is 17.7. The van der Waals surface area contributed by atoms with Gasteiger partial charge in [0.05, 0.1) is 10.5 Å². The number of anilines is 1. The number of likely N-dealkylation sites (tertiary alicyclic amines) is 1. The fraction of sp³-hybridized carbons (Fsp3) is 0.500. The number of nitrogens with zero attached hydrogens (tertiary/aromatic N) is 2. The zero-order valence-corrected chi connectivity index (χ0v) is 13.8. The molecule has 0 aromatic heterocycles. The van der Waals surface area contributed by atoms with Gasteiger partial charge >= 0.3 is 5.97 Å². The van der Waals surface area contributed by atoms with E-state index in [4.69, 9.17) is 4.74 Å². The summed E-state index contributed by atoms with van der Waals surface area (Å²) in [6.07, 6.45) is 2.97. The first-order valence-corrected chi connectivity index (χ1v) is 7.87. The van der Waals surface area contributed by atoms with Crippen LogP contribution in [0.15, 0.2) is 18.2 Å². The number of carbonyl (C=O) groups is 2. The van der Waals surface area contributed by atoms with E-state index >= 15 is 0 Å². The zero-order valence-electron chi connectivity index (χ0n) is 13.8. The zero-order chi connectivity index (χ0) is 17.7. The number of ether oxygens (including phenoxy) is 1. The molecular formula is C16H21N3O5. The van der Waals surface area contributed by atoms with Gasteiger partial charge in [-0.2, -0.15) is 0 Å². The molecule has 0 aliphatic carbocycles. The van der Waals surface area contributed by atoms with Gasteiger partial charge in [0.15, 0.2) is 6.61 Å². The van der Waals surface area contributed by atoms with Crippen LogP contribution >= 0.6 is 0 Å². The van der Waals surface area contributed by atoms with E-state index in [0.717, 1.165) is 25.3 Å². The first-order valence-electron chi connectivity index (χ1n) is 7.87. The molecule has 0 bridgehead atoms. The van der Waals surface area contributed by atoms with Crippen molar-refractivity contribution in [3.63, 3.8) is 0 Å². The molecule has 1 heterocycles. The molecule has 8 heteroatoms. The van der Waals surface area contributed by atoms with Crippen molar-refractivity contribution < 1.29 is 19.2 Å². The summed E-state index contributed by atoms with van der Waals surface area (Å²) in [6.45, 7) is 2.27. The monoisotopic (exact) mass is 335 g/mol. The number of amides is 1. The topological polar surface area (TPSA) is 102 Å². The highest BCUT2D eigenvalue weighted by Gasteiger charge is 2.25. The van der Waals surface area contributed by atoms with Crippen LogP contribution in [0.3, 0.4) is 0 Å². The van der Waals surface area contributed by atoms with Crippen molar-refractivity contribution >= 4 is 23.3 Å². The van der Waals surface area contributed by atoms with Gasteiger partial charge in [-0.05, 0) is 32.3 Å². The molecule has 0 saturated carbocycles. The van der Waals surface area contributed by atoms with Crippen LogP contribution in [0.5, 0.6) is 0 Å². The number of nitro benzene ring substituents is 1. The fourth-order valence-electron chi connectivity index (χ4n) is 2.79. The Bertz CT molecular complexity index is 647. The lowest BCUT2D eigenvalue weighted by atomic mass is 10.0. The minimum absolute atomic E-state index is 0.0335. The Morgan fingerprint density at radius 2 is 2.17 bits per heavy atom. The molecule has 2 rings (SSSR count). The maximum Gasteiger partial charge on any atom is 0.341 e. The lowest BCUT2D eigenvalue weighted by molar-refractivity contribution is -0.384. The molecule has 1 aliphatic heterocycles. The molecule has 1 saturated heterocycles. The van der Waals surface area contributed by atoms with Crippen LogP contribution in [-0.2, 0) is 9.53 Å². The van der Waals surface area contributed by atoms with Crippen LogP contribution in [0.2, 0.25) is 0 Å². The van der Waals surface area contributed by atoms with E-state index in [1.165, 1.54) is 12.1 Å². The van der Waals surface area contributed by atoms with Crippen molar-refractivity contribution in [1.29, 1.82) is 0 Å². The van der Waals surface area contributed by atoms with Gasteiger partial charge < -0.3 is 15.0 Å². The number of non-ortho nitro benzene ring substituents is 1. The molecule has 0 radical (unpaired) electrons. The van der Waals surface area contributed by atoms with Crippen LogP contribution in [-0.4, -0.2) is 47.9 Å². The molecular weight excluding hydrogens is 314 g/mol. The van der Waals surface area contributed by atoms with Crippen molar-refractivity contribution in [3.8, 4) is 0 Å². The summed E-state index contributed by atoms with van der Waals surface area (Å²) in [5.41, 5.74) is 0.229. The van der Waals surface area contributed by atoms with Crippen molar-refractivity contribution in [1.82, 2.24) is 4.90 Å². The number of esters is 1. The summed E-state index contributed by atoms with van der Waals surface area (Å²) < 4.78 is 5.08. The van der Waals surface area contributed by atoms with E-state index in [-0.39, 0.29) is 29.8 Å². The molecule has 130 valence electrons. The van der Waals surface area contributed by atoms with Gasteiger partial charge in [-0.1, -0.05) is 0 Å². The molecule has 1 N–H and O–H groups in total. The normalized spacial score (nSPS) is 17.2. The number of piperidine rings is 1. The second kappa shape index (κ2) is 7.76. The minimum atomic E-state index is -0.763. The van der Waals surface area contributed by atoms with E-state index in [1.54, 1.807) is 11.9 Å². The van der Waals surface area contributed by atoms with Gasteiger partial charge in [-0.3, -0.25) is 14.9 Å². The van der Waals surface area contributed by atoms with Crippen LogP contribution in [0.25, 0.3) is 0 Å². The second-order valence-electron chi connectivity index (χ2n) is 5.75. The Kier molecular flexibility index (Phi) is 5.73. The van der Waals surface area contributed by atoms with Gasteiger partial charge in [0.2, 0.25) is 0 Å². The van der Waals surface area contributed by atoms with Gasteiger partial charge in [-0.15, -0.1) is 0 Å². The highest BCUT2D eigenvalue weighted by molar-refractivity contribution is 5.97. The predicted octanol–water partition coefficient (Wildman–Crippen LogP) is 2.19. The first-order chi connectivity index (χ1) is 11.4. The third kappa shape index (κ3) is 4.01. The number of benzene rings is 1. The van der Waals surface area contributed by atoms with E-state index in [9.17, 15) is 19.7 Å². The lowest BCUT2D eigenvalue weighted by Crippen LogP contribution is -2.44. The SMILES string of the molecule is CNc1ccc([N+](=O)[O-])cc1C(=O)OCC(=O)N1CCCC[C@@H]1C. The summed E-state index contributed by atoms with van der Waals surface area (Å²) >= 11 is 0. The molecule has 1 fully saturated rings. The Balaban J connectivity index is 2.05. The summed E-state index contributed by atoms with van der Waals surface area (Å²) in [5.74, 6) is -1.01. The van der Waals surface area contributed by atoms with Crippen LogP contribution < -0.4 is 5.32 Å². The summed E-state index contributed by atoms with van der Waals surface area (Å²) in [6, 6.07) is 4.00. The predicted molar refractivity (Wildman–Crippen MR) is 88.0 cm³/mol. The average Bonchev–Trinajstić information content (AvgIpc) is 2.59. The Hall–Kier alpha value is -2.64. The number of hydrogen-bond acceptors (Lipinski definition) is 6. The van der Waals surface area contributed by atoms with E-state index in [2.05, 4.69) is 5.32 Å². The van der Waals surface area contributed by atoms with Crippen molar-refractivity contribution in [2.45, 2.75) is 32.2 Å². The number of hydrogen-bond donors (Lipinski definition) is 1. The highest BCUT2D eigenvalue weighted by Crippen LogP contribution is 2.23. The maximum atomic E-state index is 12.2. The standard InChI is InChI=1S/C16H21N3O5/c1-11-5-3-4-8-18(11)15(20)10-24-16(21)13-9-12(19(22)23)6-7-14(13)17-2/h6-7,9,11,17H,3-5,8,10H2,1-2H3/t11-/m0/s1. The largest absolute Gasteiger partial charge is 0.452 e. The van der Waals surface area contributed by atoms with E-state index in [1.807, 2.05) is 6.92 Å². The van der Waals surface area contributed by atoms with Crippen LogP contribution in [0.4, 0.5) is 11.4 Å². The van der Waals surface area contributed by atoms with Gasteiger partial charge in [0, 0.05) is 37.5 Å². The summed E-state index contributed by atoms with van der Waals surface area (Å²) in [4.78, 5) is 36.4. The number of nitrogens with one attached hydrogen (secondary N) is 1. The van der Waals surface area contributed by atoms with Gasteiger partial charge in [0.25, 0.3) is 11.6 Å². The Morgan fingerprint density at radius 3 is 2.79 bits per heavy atom. The summed E-state index contributed by atoms with van der Waals surface area (Å²) in [7, 11) is 1.60. The molecule has 1 aromatic rings. The third-order valence-electron chi connectivity index (χ3n) is 4.15. The maximum absolute atomic E-state index is 12.2. The van der Waals surface area contributed by atoms with E-state index < -0.39 is 10.9 Å². The van der Waals surface area contributed by atoms with Crippen LogP contribution in [0.1, 0.15) is 36.5 Å². The number of carbonyl (C=O) groups excluding carboxylic acids is 2. The van der Waals surface area contributed by atoms with Crippen molar-refractivity contribution in [3.05, 3.63) is 33.9 Å². The summed E-state index contributed by atoms with van der Waals surface area (Å²) in [5, 5.41) is 13.6. The lowest BCUT2D eigenvalue weighted by Gasteiger charge is -2.33. The van der Waals surface area contributed by atoms with Crippen LogP contribution in [0, 0.1) is 10.1 Å². The smallest absolute Gasteiger partial charge is 0.341 e. The fourth-order valence-corrected chi connectivity index (χ4v) is 2.79. The van der Waals surface area contributed by atoms with Crippen molar-refractivity contribution in [2.75, 3.05) is 25.5 Å².